The predicted octanol–water partition coefficient (Wildman–Crippen LogP) is 4.01. The Hall–Kier alpha value is -2.99. The van der Waals surface area contributed by atoms with Gasteiger partial charge in [-0.15, -0.1) is 0 Å². The van der Waals surface area contributed by atoms with E-state index in [1.807, 2.05) is 31.2 Å². The molecule has 1 amide bonds. The number of carbonyl (C=O) groups excluding carboxylic acids is 1. The third-order valence-electron chi connectivity index (χ3n) is 3.68. The first-order chi connectivity index (χ1) is 12.5. The highest BCUT2D eigenvalue weighted by Crippen LogP contribution is 2.20. The van der Waals surface area contributed by atoms with Gasteiger partial charge in [-0.05, 0) is 43.7 Å². The number of aromatic nitrogens is 3. The summed E-state index contributed by atoms with van der Waals surface area (Å²) in [6, 6.07) is 12.7. The van der Waals surface area contributed by atoms with Gasteiger partial charge < -0.3 is 10.6 Å². The van der Waals surface area contributed by atoms with Crippen LogP contribution in [0.15, 0.2) is 48.7 Å². The van der Waals surface area contributed by atoms with Crippen LogP contribution in [0.2, 0.25) is 5.02 Å². The standard InChI is InChI=1S/C19H18ClN5O/c1-12-6-7-14(9-16(12)20)25-19(26)17-10-18(24-13(2)23-17)22-11-15-5-3-4-8-21-15/h3-10H,11H2,1-2H3,(H,25,26)(H,22,23,24). The number of nitrogens with zero attached hydrogens (tertiary/aromatic N) is 3. The zero-order valence-electron chi connectivity index (χ0n) is 14.5. The molecule has 2 heterocycles. The van der Waals surface area contributed by atoms with Crippen molar-refractivity contribution < 1.29 is 4.79 Å². The molecule has 0 fully saturated rings. The van der Waals surface area contributed by atoms with E-state index in [2.05, 4.69) is 25.6 Å². The molecular formula is C19H18ClN5O. The van der Waals surface area contributed by atoms with Gasteiger partial charge in [0.2, 0.25) is 0 Å². The zero-order chi connectivity index (χ0) is 18.5. The zero-order valence-corrected chi connectivity index (χ0v) is 15.2. The topological polar surface area (TPSA) is 79.8 Å². The summed E-state index contributed by atoms with van der Waals surface area (Å²) in [4.78, 5) is 25.3. The van der Waals surface area contributed by atoms with Crippen molar-refractivity contribution in [2.75, 3.05) is 10.6 Å². The van der Waals surface area contributed by atoms with Crippen LogP contribution >= 0.6 is 11.6 Å². The number of pyridine rings is 1. The minimum Gasteiger partial charge on any atom is -0.364 e. The smallest absolute Gasteiger partial charge is 0.274 e. The molecule has 1 aromatic carbocycles. The Kier molecular flexibility index (Phi) is 5.43. The number of rotatable bonds is 5. The Balaban J connectivity index is 1.73. The van der Waals surface area contributed by atoms with Gasteiger partial charge in [0.1, 0.15) is 17.3 Å². The van der Waals surface area contributed by atoms with Crippen molar-refractivity contribution in [3.05, 3.63) is 76.5 Å². The van der Waals surface area contributed by atoms with E-state index in [0.717, 1.165) is 11.3 Å². The molecule has 7 heteroatoms. The Morgan fingerprint density at radius 2 is 1.96 bits per heavy atom. The Morgan fingerprint density at radius 1 is 1.12 bits per heavy atom. The van der Waals surface area contributed by atoms with Crippen molar-refractivity contribution in [2.24, 2.45) is 0 Å². The fraction of sp³-hybridized carbons (Fsp3) is 0.158. The number of nitrogens with one attached hydrogen (secondary N) is 2. The van der Waals surface area contributed by atoms with Crippen LogP contribution in [0.4, 0.5) is 11.5 Å². The van der Waals surface area contributed by atoms with Crippen molar-refractivity contribution in [3.8, 4) is 0 Å². The highest BCUT2D eigenvalue weighted by Gasteiger charge is 2.11. The number of halogens is 1. The molecule has 0 saturated heterocycles. The summed E-state index contributed by atoms with van der Waals surface area (Å²) in [6.07, 6.45) is 1.73. The van der Waals surface area contributed by atoms with E-state index in [1.165, 1.54) is 0 Å². The average Bonchev–Trinajstić information content (AvgIpc) is 2.63. The molecule has 0 bridgehead atoms. The number of anilines is 2. The normalized spacial score (nSPS) is 10.4. The number of hydrogen-bond donors (Lipinski definition) is 2. The molecule has 0 aliphatic heterocycles. The largest absolute Gasteiger partial charge is 0.364 e. The Morgan fingerprint density at radius 3 is 2.69 bits per heavy atom. The van der Waals surface area contributed by atoms with Crippen LogP contribution < -0.4 is 10.6 Å². The van der Waals surface area contributed by atoms with E-state index in [-0.39, 0.29) is 11.6 Å². The van der Waals surface area contributed by atoms with E-state index >= 15 is 0 Å². The summed E-state index contributed by atoms with van der Waals surface area (Å²) in [5.74, 6) is 0.745. The number of aryl methyl sites for hydroxylation is 2. The molecule has 26 heavy (non-hydrogen) atoms. The molecule has 3 aromatic rings. The van der Waals surface area contributed by atoms with Crippen molar-refractivity contribution >= 4 is 29.0 Å². The molecule has 6 nitrogen and oxygen atoms in total. The van der Waals surface area contributed by atoms with Crippen LogP contribution in [0.5, 0.6) is 0 Å². The highest BCUT2D eigenvalue weighted by atomic mass is 35.5. The number of carbonyl (C=O) groups is 1. The van der Waals surface area contributed by atoms with Crippen LogP contribution in [0.1, 0.15) is 27.6 Å². The van der Waals surface area contributed by atoms with Gasteiger partial charge in [0, 0.05) is 23.0 Å². The minimum absolute atomic E-state index is 0.276. The SMILES string of the molecule is Cc1nc(NCc2ccccn2)cc(C(=O)Nc2ccc(C)c(Cl)c2)n1. The molecule has 0 aliphatic rings. The second kappa shape index (κ2) is 7.93. The summed E-state index contributed by atoms with van der Waals surface area (Å²) >= 11 is 6.10. The second-order valence-corrected chi connectivity index (χ2v) is 6.19. The molecule has 3 rings (SSSR count). The van der Waals surface area contributed by atoms with Crippen LogP contribution in [0.25, 0.3) is 0 Å². The van der Waals surface area contributed by atoms with Gasteiger partial charge >= 0.3 is 0 Å². The van der Waals surface area contributed by atoms with Gasteiger partial charge in [0.05, 0.1) is 12.2 Å². The lowest BCUT2D eigenvalue weighted by Gasteiger charge is -2.09. The third-order valence-corrected chi connectivity index (χ3v) is 4.08. The molecule has 0 atom stereocenters. The average molecular weight is 368 g/mol. The van der Waals surface area contributed by atoms with E-state index in [9.17, 15) is 4.79 Å². The summed E-state index contributed by atoms with van der Waals surface area (Å²) < 4.78 is 0. The van der Waals surface area contributed by atoms with Gasteiger partial charge in [0.15, 0.2) is 0 Å². The van der Waals surface area contributed by atoms with Gasteiger partial charge in [-0.25, -0.2) is 9.97 Å². The third kappa shape index (κ3) is 4.55. The first-order valence-electron chi connectivity index (χ1n) is 8.08. The van der Waals surface area contributed by atoms with Crippen molar-refractivity contribution in [1.82, 2.24) is 15.0 Å². The molecule has 0 unspecified atom stereocenters. The van der Waals surface area contributed by atoms with Crippen LogP contribution in [-0.2, 0) is 6.54 Å². The Bertz CT molecular complexity index is 930. The van der Waals surface area contributed by atoms with Crippen LogP contribution in [0, 0.1) is 13.8 Å². The van der Waals surface area contributed by atoms with Crippen LogP contribution in [0.3, 0.4) is 0 Å². The maximum absolute atomic E-state index is 12.5. The molecule has 2 N–H and O–H groups in total. The molecule has 0 aliphatic carbocycles. The molecule has 0 saturated carbocycles. The first kappa shape index (κ1) is 17.8. The summed E-state index contributed by atoms with van der Waals surface area (Å²) in [7, 11) is 0. The lowest BCUT2D eigenvalue weighted by atomic mass is 10.2. The van der Waals surface area contributed by atoms with E-state index < -0.39 is 0 Å². The summed E-state index contributed by atoms with van der Waals surface area (Å²) in [5.41, 5.74) is 2.72. The predicted molar refractivity (Wildman–Crippen MR) is 102 cm³/mol. The first-order valence-corrected chi connectivity index (χ1v) is 8.46. The number of benzene rings is 1. The fourth-order valence-corrected chi connectivity index (χ4v) is 2.50. The molecular weight excluding hydrogens is 350 g/mol. The molecule has 132 valence electrons. The molecule has 0 spiro atoms. The van der Waals surface area contributed by atoms with Gasteiger partial charge in [0.25, 0.3) is 5.91 Å². The van der Waals surface area contributed by atoms with Gasteiger partial charge in [-0.2, -0.15) is 0 Å². The van der Waals surface area contributed by atoms with Gasteiger partial charge in [-0.3, -0.25) is 9.78 Å². The molecule has 0 radical (unpaired) electrons. The van der Waals surface area contributed by atoms with Crippen molar-refractivity contribution in [2.45, 2.75) is 20.4 Å². The maximum atomic E-state index is 12.5. The number of hydrogen-bond acceptors (Lipinski definition) is 5. The number of amides is 1. The van der Waals surface area contributed by atoms with Crippen molar-refractivity contribution in [3.63, 3.8) is 0 Å². The van der Waals surface area contributed by atoms with E-state index in [1.54, 1.807) is 31.3 Å². The Labute approximate surface area is 156 Å². The minimum atomic E-state index is -0.323. The quantitative estimate of drug-likeness (QED) is 0.712. The summed E-state index contributed by atoms with van der Waals surface area (Å²) in [5, 5.41) is 6.56. The van der Waals surface area contributed by atoms with E-state index in [0.29, 0.717) is 28.9 Å². The second-order valence-electron chi connectivity index (χ2n) is 5.78. The highest BCUT2D eigenvalue weighted by molar-refractivity contribution is 6.31. The van der Waals surface area contributed by atoms with Crippen molar-refractivity contribution in [1.29, 1.82) is 0 Å². The fourth-order valence-electron chi connectivity index (χ4n) is 2.32. The van der Waals surface area contributed by atoms with Gasteiger partial charge in [-0.1, -0.05) is 23.7 Å². The molecule has 2 aromatic heterocycles. The lowest BCUT2D eigenvalue weighted by molar-refractivity contribution is 0.102. The van der Waals surface area contributed by atoms with Crippen LogP contribution in [-0.4, -0.2) is 20.9 Å². The summed E-state index contributed by atoms with van der Waals surface area (Å²) in [6.45, 7) is 4.15. The maximum Gasteiger partial charge on any atom is 0.274 e. The monoisotopic (exact) mass is 367 g/mol. The lowest BCUT2D eigenvalue weighted by Crippen LogP contribution is -2.16. The van der Waals surface area contributed by atoms with E-state index in [4.69, 9.17) is 11.6 Å².